The summed E-state index contributed by atoms with van der Waals surface area (Å²) in [7, 11) is -3.61. The summed E-state index contributed by atoms with van der Waals surface area (Å²) in [5, 5.41) is 4.95. The maximum Gasteiger partial charge on any atom is 0.239 e. The van der Waals surface area contributed by atoms with Crippen LogP contribution < -0.4 is 5.14 Å². The Bertz CT molecular complexity index is 387. The van der Waals surface area contributed by atoms with E-state index in [4.69, 9.17) is 5.14 Å². The largest absolute Gasteiger partial charge is 0.263 e. The number of nitrogens with two attached hydrogens (primary N) is 1. The van der Waals surface area contributed by atoms with Crippen LogP contribution in [0.15, 0.2) is 23.4 Å². The van der Waals surface area contributed by atoms with Crippen molar-refractivity contribution in [2.75, 3.05) is 0 Å². The van der Waals surface area contributed by atoms with Gasteiger partial charge in [0, 0.05) is 12.4 Å². The highest BCUT2D eigenvalue weighted by atomic mass is 32.2. The first-order chi connectivity index (χ1) is 6.04. The Balaban J connectivity index is 3.06. The van der Waals surface area contributed by atoms with Gasteiger partial charge >= 0.3 is 0 Å². The van der Waals surface area contributed by atoms with Crippen LogP contribution in [0, 0.1) is 0 Å². The van der Waals surface area contributed by atoms with Crippen LogP contribution in [0.5, 0.6) is 0 Å². The molecule has 2 N–H and O–H groups in total. The van der Waals surface area contributed by atoms with E-state index in [9.17, 15) is 8.42 Å². The van der Waals surface area contributed by atoms with Gasteiger partial charge in [0.05, 0.1) is 0 Å². The number of nitrogens with zero attached hydrogens (tertiary/aromatic N) is 1. The van der Waals surface area contributed by atoms with E-state index >= 15 is 0 Å². The molecule has 0 aliphatic rings. The molecule has 1 rings (SSSR count). The third kappa shape index (κ3) is 2.78. The molecule has 0 atom stereocenters. The summed E-state index contributed by atoms with van der Waals surface area (Å²) < 4.78 is 21.9. The Morgan fingerprint density at radius 3 is 2.69 bits per heavy atom. The van der Waals surface area contributed by atoms with Gasteiger partial charge in [0.15, 0.2) is 0 Å². The second-order valence-electron chi connectivity index (χ2n) is 2.82. The van der Waals surface area contributed by atoms with Crippen molar-refractivity contribution >= 4 is 10.0 Å². The summed E-state index contributed by atoms with van der Waals surface area (Å²) in [6, 6.07) is 1.56. The first-order valence-electron chi connectivity index (χ1n) is 4.00. The molecule has 1 heterocycles. The van der Waals surface area contributed by atoms with Gasteiger partial charge in [0.2, 0.25) is 10.0 Å². The number of aromatic nitrogens is 1. The molecule has 4 nitrogen and oxygen atoms in total. The van der Waals surface area contributed by atoms with Crippen LogP contribution in [-0.4, -0.2) is 13.4 Å². The number of hydrogen-bond acceptors (Lipinski definition) is 3. The minimum atomic E-state index is -3.61. The summed E-state index contributed by atoms with van der Waals surface area (Å²) in [6.07, 6.45) is 4.68. The van der Waals surface area contributed by atoms with Crippen LogP contribution in [0.3, 0.4) is 0 Å². The van der Waals surface area contributed by atoms with Crippen LogP contribution in [0.4, 0.5) is 0 Å². The van der Waals surface area contributed by atoms with Crippen molar-refractivity contribution in [1.82, 2.24) is 4.98 Å². The lowest BCUT2D eigenvalue weighted by Gasteiger charge is -2.00. The average molecular weight is 200 g/mol. The summed E-state index contributed by atoms with van der Waals surface area (Å²) in [5.74, 6) is 0. The number of rotatable bonds is 3. The normalized spacial score (nSPS) is 11.5. The van der Waals surface area contributed by atoms with Crippen LogP contribution in [0.2, 0.25) is 0 Å². The second kappa shape index (κ2) is 3.85. The number of pyridine rings is 1. The fourth-order valence-electron chi connectivity index (χ4n) is 1.04. The van der Waals surface area contributed by atoms with Crippen LogP contribution in [-0.2, 0) is 16.4 Å². The van der Waals surface area contributed by atoms with Gasteiger partial charge in [-0.2, -0.15) is 0 Å². The van der Waals surface area contributed by atoms with Gasteiger partial charge in [-0.1, -0.05) is 13.3 Å². The molecule has 0 spiro atoms. The number of hydrogen-bond donors (Lipinski definition) is 1. The third-order valence-electron chi connectivity index (χ3n) is 1.64. The predicted molar refractivity (Wildman–Crippen MR) is 49.6 cm³/mol. The van der Waals surface area contributed by atoms with Crippen LogP contribution in [0.1, 0.15) is 18.9 Å². The number of primary sulfonamides is 1. The Hall–Kier alpha value is -0.940. The van der Waals surface area contributed by atoms with Crippen molar-refractivity contribution in [3.05, 3.63) is 24.0 Å². The lowest BCUT2D eigenvalue weighted by Crippen LogP contribution is -2.12. The Labute approximate surface area is 77.8 Å². The molecule has 0 unspecified atom stereocenters. The maximum atomic E-state index is 10.9. The highest BCUT2D eigenvalue weighted by molar-refractivity contribution is 7.89. The van der Waals surface area contributed by atoms with Crippen LogP contribution >= 0.6 is 0 Å². The minimum absolute atomic E-state index is 0.0819. The zero-order chi connectivity index (χ0) is 9.90. The fraction of sp³-hybridized carbons (Fsp3) is 0.375. The van der Waals surface area contributed by atoms with E-state index in [1.807, 2.05) is 6.92 Å². The van der Waals surface area contributed by atoms with Crippen LogP contribution in [0.25, 0.3) is 0 Å². The smallest absolute Gasteiger partial charge is 0.239 e. The first-order valence-corrected chi connectivity index (χ1v) is 5.55. The van der Waals surface area contributed by atoms with Gasteiger partial charge in [0.25, 0.3) is 0 Å². The van der Waals surface area contributed by atoms with E-state index < -0.39 is 10.0 Å². The van der Waals surface area contributed by atoms with E-state index in [1.54, 1.807) is 12.3 Å². The SMILES string of the molecule is CCCc1cncc(S(N)(=O)=O)c1. The van der Waals surface area contributed by atoms with Gasteiger partial charge in [-0.3, -0.25) is 4.98 Å². The molecule has 5 heteroatoms. The molecular formula is C8H12N2O2S. The molecule has 1 aromatic heterocycles. The molecule has 0 amide bonds. The van der Waals surface area contributed by atoms with E-state index in [1.165, 1.54) is 6.20 Å². The van der Waals surface area contributed by atoms with Gasteiger partial charge in [-0.25, -0.2) is 13.6 Å². The highest BCUT2D eigenvalue weighted by Crippen LogP contribution is 2.08. The van der Waals surface area contributed by atoms with E-state index in [0.29, 0.717) is 0 Å². The van der Waals surface area contributed by atoms with E-state index in [-0.39, 0.29) is 4.90 Å². The highest BCUT2D eigenvalue weighted by Gasteiger charge is 2.07. The summed E-state index contributed by atoms with van der Waals surface area (Å²) in [4.78, 5) is 3.89. The Morgan fingerprint density at radius 1 is 1.46 bits per heavy atom. The number of aryl methyl sites for hydroxylation is 1. The lowest BCUT2D eigenvalue weighted by molar-refractivity contribution is 0.597. The topological polar surface area (TPSA) is 73.0 Å². The molecule has 0 aliphatic carbocycles. The molecule has 0 saturated carbocycles. The molecule has 72 valence electrons. The van der Waals surface area contributed by atoms with Crippen molar-refractivity contribution in [3.63, 3.8) is 0 Å². The van der Waals surface area contributed by atoms with Gasteiger partial charge in [0.1, 0.15) is 4.90 Å². The van der Waals surface area contributed by atoms with Crippen molar-refractivity contribution in [3.8, 4) is 0 Å². The Kier molecular flexibility index (Phi) is 3.00. The van der Waals surface area contributed by atoms with Gasteiger partial charge in [-0.15, -0.1) is 0 Å². The van der Waals surface area contributed by atoms with Crippen molar-refractivity contribution in [2.24, 2.45) is 5.14 Å². The van der Waals surface area contributed by atoms with Gasteiger partial charge in [-0.05, 0) is 18.1 Å². The van der Waals surface area contributed by atoms with Crippen molar-refractivity contribution < 1.29 is 8.42 Å². The minimum Gasteiger partial charge on any atom is -0.263 e. The molecule has 0 radical (unpaired) electrons. The number of sulfonamides is 1. The second-order valence-corrected chi connectivity index (χ2v) is 4.39. The zero-order valence-corrected chi connectivity index (χ0v) is 8.21. The quantitative estimate of drug-likeness (QED) is 0.779. The molecule has 13 heavy (non-hydrogen) atoms. The van der Waals surface area contributed by atoms with Gasteiger partial charge < -0.3 is 0 Å². The maximum absolute atomic E-state index is 10.9. The lowest BCUT2D eigenvalue weighted by atomic mass is 10.2. The first kappa shape index (κ1) is 10.1. The Morgan fingerprint density at radius 2 is 2.15 bits per heavy atom. The van der Waals surface area contributed by atoms with E-state index in [0.717, 1.165) is 18.4 Å². The third-order valence-corrected chi connectivity index (χ3v) is 2.52. The summed E-state index contributed by atoms with van der Waals surface area (Å²) >= 11 is 0. The van der Waals surface area contributed by atoms with E-state index in [2.05, 4.69) is 4.98 Å². The zero-order valence-electron chi connectivity index (χ0n) is 7.40. The molecule has 0 saturated heterocycles. The standard InChI is InChI=1S/C8H12N2O2S/c1-2-3-7-4-8(6-10-5-7)13(9,11)12/h4-6H,2-3H2,1H3,(H2,9,11,12). The molecule has 1 aromatic rings. The molecular weight excluding hydrogens is 188 g/mol. The van der Waals surface area contributed by atoms with Crippen molar-refractivity contribution in [2.45, 2.75) is 24.7 Å². The molecule has 0 bridgehead atoms. The molecule has 0 fully saturated rings. The monoisotopic (exact) mass is 200 g/mol. The molecule has 0 aromatic carbocycles. The average Bonchev–Trinajstić information content (AvgIpc) is 2.04. The fourth-order valence-corrected chi connectivity index (χ4v) is 1.57. The summed E-state index contributed by atoms with van der Waals surface area (Å²) in [5.41, 5.74) is 0.897. The summed E-state index contributed by atoms with van der Waals surface area (Å²) in [6.45, 7) is 2.02. The predicted octanol–water partition coefficient (Wildman–Crippen LogP) is 0.682. The van der Waals surface area contributed by atoms with Crippen molar-refractivity contribution in [1.29, 1.82) is 0 Å². The molecule has 0 aliphatic heterocycles.